The number of carbonyl (C=O) groups is 1. The largest absolute Gasteiger partial charge is 0.481 e. The Labute approximate surface area is 110 Å². The zero-order chi connectivity index (χ0) is 13.4. The molecule has 0 aromatic carbocycles. The predicted octanol–water partition coefficient (Wildman–Crippen LogP) is 1.30. The third-order valence-electron chi connectivity index (χ3n) is 1.98. The fraction of sp³-hybridized carbons (Fsp3) is 0.600. The summed E-state index contributed by atoms with van der Waals surface area (Å²) >= 11 is 1.43. The minimum atomic E-state index is -0.800. The van der Waals surface area contributed by atoms with Crippen LogP contribution in [0.3, 0.4) is 0 Å². The average Bonchev–Trinajstić information content (AvgIpc) is 2.34. The van der Waals surface area contributed by atoms with Gasteiger partial charge in [0.2, 0.25) is 11.9 Å². The van der Waals surface area contributed by atoms with Crippen LogP contribution in [-0.4, -0.2) is 45.4 Å². The lowest BCUT2D eigenvalue weighted by Crippen LogP contribution is -2.11. The Kier molecular flexibility index (Phi) is 6.20. The Morgan fingerprint density at radius 1 is 1.28 bits per heavy atom. The van der Waals surface area contributed by atoms with Crippen molar-refractivity contribution in [2.24, 2.45) is 0 Å². The van der Waals surface area contributed by atoms with Crippen molar-refractivity contribution in [3.63, 3.8) is 0 Å². The van der Waals surface area contributed by atoms with E-state index in [1.54, 1.807) is 0 Å². The first-order valence-corrected chi connectivity index (χ1v) is 6.87. The molecule has 1 aromatic heterocycles. The number of aliphatic carboxylic acids is 1. The van der Waals surface area contributed by atoms with Crippen LogP contribution in [0.15, 0.2) is 5.16 Å². The molecule has 1 rings (SSSR count). The summed E-state index contributed by atoms with van der Waals surface area (Å²) in [6, 6.07) is 0. The molecule has 100 valence electrons. The number of nitrogens with zero attached hydrogens (tertiary/aromatic N) is 3. The van der Waals surface area contributed by atoms with E-state index >= 15 is 0 Å². The van der Waals surface area contributed by atoms with Gasteiger partial charge < -0.3 is 15.7 Å². The highest BCUT2D eigenvalue weighted by atomic mass is 32.2. The van der Waals surface area contributed by atoms with Gasteiger partial charge in [0.15, 0.2) is 5.16 Å². The third kappa shape index (κ3) is 5.17. The molecular weight excluding hydrogens is 254 g/mol. The number of rotatable bonds is 8. The SMILES string of the molecule is CCNc1nc(NCCCC(=O)O)nc(SC)n1. The van der Waals surface area contributed by atoms with E-state index in [0.717, 1.165) is 6.54 Å². The molecule has 1 heterocycles. The Morgan fingerprint density at radius 3 is 2.50 bits per heavy atom. The van der Waals surface area contributed by atoms with Crippen molar-refractivity contribution < 1.29 is 9.90 Å². The van der Waals surface area contributed by atoms with Gasteiger partial charge in [-0.25, -0.2) is 0 Å². The minimum Gasteiger partial charge on any atom is -0.481 e. The van der Waals surface area contributed by atoms with Gasteiger partial charge in [0.25, 0.3) is 0 Å². The van der Waals surface area contributed by atoms with Gasteiger partial charge in [-0.05, 0) is 19.6 Å². The molecule has 0 amide bonds. The van der Waals surface area contributed by atoms with Gasteiger partial charge in [0, 0.05) is 19.5 Å². The van der Waals surface area contributed by atoms with E-state index in [4.69, 9.17) is 5.11 Å². The lowest BCUT2D eigenvalue weighted by atomic mass is 10.3. The second-order valence-corrected chi connectivity index (χ2v) is 4.20. The number of anilines is 2. The van der Waals surface area contributed by atoms with Gasteiger partial charge in [0.05, 0.1) is 0 Å². The highest BCUT2D eigenvalue weighted by Gasteiger charge is 2.05. The number of carboxylic acid groups (broad SMARTS) is 1. The van der Waals surface area contributed by atoms with Crippen molar-refractivity contribution in [1.29, 1.82) is 0 Å². The highest BCUT2D eigenvalue weighted by molar-refractivity contribution is 7.98. The van der Waals surface area contributed by atoms with Crippen molar-refractivity contribution in [3.05, 3.63) is 0 Å². The fourth-order valence-electron chi connectivity index (χ4n) is 1.20. The Morgan fingerprint density at radius 2 is 1.94 bits per heavy atom. The first kappa shape index (κ1) is 14.5. The smallest absolute Gasteiger partial charge is 0.303 e. The maximum absolute atomic E-state index is 10.4. The van der Waals surface area contributed by atoms with Crippen LogP contribution in [0.5, 0.6) is 0 Å². The molecular formula is C10H17N5O2S. The molecule has 0 aliphatic rings. The molecule has 3 N–H and O–H groups in total. The van der Waals surface area contributed by atoms with Gasteiger partial charge >= 0.3 is 5.97 Å². The van der Waals surface area contributed by atoms with Crippen LogP contribution < -0.4 is 10.6 Å². The van der Waals surface area contributed by atoms with Crippen LogP contribution in [0.4, 0.5) is 11.9 Å². The van der Waals surface area contributed by atoms with E-state index in [-0.39, 0.29) is 6.42 Å². The lowest BCUT2D eigenvalue weighted by molar-refractivity contribution is -0.137. The number of hydrogen-bond donors (Lipinski definition) is 3. The van der Waals surface area contributed by atoms with Gasteiger partial charge in [-0.2, -0.15) is 15.0 Å². The van der Waals surface area contributed by atoms with E-state index < -0.39 is 5.97 Å². The molecule has 0 bridgehead atoms. The summed E-state index contributed by atoms with van der Waals surface area (Å²) in [4.78, 5) is 22.9. The van der Waals surface area contributed by atoms with Gasteiger partial charge in [-0.3, -0.25) is 4.79 Å². The third-order valence-corrected chi connectivity index (χ3v) is 2.53. The standard InChI is InChI=1S/C10H17N5O2S/c1-3-11-8-13-9(15-10(14-8)18-2)12-6-4-5-7(16)17/h3-6H2,1-2H3,(H,16,17)(H2,11,12,13,14,15). The van der Waals surface area contributed by atoms with Gasteiger partial charge in [0.1, 0.15) is 0 Å². The summed E-state index contributed by atoms with van der Waals surface area (Å²) in [5.41, 5.74) is 0. The Bertz CT molecular complexity index is 402. The van der Waals surface area contributed by atoms with Crippen LogP contribution in [0.25, 0.3) is 0 Å². The van der Waals surface area contributed by atoms with Gasteiger partial charge in [-0.1, -0.05) is 11.8 Å². The van der Waals surface area contributed by atoms with Crippen molar-refractivity contribution >= 4 is 29.6 Å². The van der Waals surface area contributed by atoms with E-state index in [9.17, 15) is 4.79 Å². The van der Waals surface area contributed by atoms with Crippen LogP contribution in [0.2, 0.25) is 0 Å². The average molecular weight is 271 g/mol. The fourth-order valence-corrected chi connectivity index (χ4v) is 1.56. The molecule has 18 heavy (non-hydrogen) atoms. The second kappa shape index (κ2) is 7.70. The van der Waals surface area contributed by atoms with E-state index in [0.29, 0.717) is 30.0 Å². The monoisotopic (exact) mass is 271 g/mol. The minimum absolute atomic E-state index is 0.132. The molecule has 7 nitrogen and oxygen atoms in total. The zero-order valence-electron chi connectivity index (χ0n) is 10.4. The molecule has 0 aliphatic heterocycles. The number of hydrogen-bond acceptors (Lipinski definition) is 7. The van der Waals surface area contributed by atoms with Crippen LogP contribution >= 0.6 is 11.8 Å². The normalized spacial score (nSPS) is 10.1. The summed E-state index contributed by atoms with van der Waals surface area (Å²) in [6.07, 6.45) is 2.55. The lowest BCUT2D eigenvalue weighted by Gasteiger charge is -2.07. The number of aromatic nitrogens is 3. The zero-order valence-corrected chi connectivity index (χ0v) is 11.3. The quantitative estimate of drug-likeness (QED) is 0.480. The van der Waals surface area contributed by atoms with Crippen molar-refractivity contribution in [2.75, 3.05) is 30.0 Å². The molecule has 0 atom stereocenters. The Hall–Kier alpha value is -1.57. The molecule has 0 aliphatic carbocycles. The maximum atomic E-state index is 10.4. The van der Waals surface area contributed by atoms with E-state index in [2.05, 4.69) is 25.6 Å². The summed E-state index contributed by atoms with van der Waals surface area (Å²) in [6.45, 7) is 3.22. The molecule has 8 heteroatoms. The van der Waals surface area contributed by atoms with Crippen LogP contribution in [-0.2, 0) is 4.79 Å². The van der Waals surface area contributed by atoms with Crippen LogP contribution in [0, 0.1) is 0 Å². The first-order valence-electron chi connectivity index (χ1n) is 5.65. The number of nitrogens with one attached hydrogen (secondary N) is 2. The van der Waals surface area contributed by atoms with Gasteiger partial charge in [-0.15, -0.1) is 0 Å². The highest BCUT2D eigenvalue weighted by Crippen LogP contribution is 2.13. The van der Waals surface area contributed by atoms with E-state index in [1.807, 2.05) is 13.2 Å². The molecule has 0 unspecified atom stereocenters. The van der Waals surface area contributed by atoms with E-state index in [1.165, 1.54) is 11.8 Å². The first-order chi connectivity index (χ1) is 8.65. The van der Waals surface area contributed by atoms with Crippen molar-refractivity contribution in [2.45, 2.75) is 24.9 Å². The Balaban J connectivity index is 2.57. The molecule has 0 fully saturated rings. The van der Waals surface area contributed by atoms with Crippen molar-refractivity contribution in [3.8, 4) is 0 Å². The topological polar surface area (TPSA) is 100 Å². The summed E-state index contributed by atoms with van der Waals surface area (Å²) in [5.74, 6) is 0.193. The summed E-state index contributed by atoms with van der Waals surface area (Å²) in [7, 11) is 0. The molecule has 0 saturated heterocycles. The summed E-state index contributed by atoms with van der Waals surface area (Å²) in [5, 5.41) is 15.2. The number of thioether (sulfide) groups is 1. The second-order valence-electron chi connectivity index (χ2n) is 3.42. The molecule has 0 saturated carbocycles. The predicted molar refractivity (Wildman–Crippen MR) is 71.1 cm³/mol. The van der Waals surface area contributed by atoms with Crippen LogP contribution in [0.1, 0.15) is 19.8 Å². The molecule has 1 aromatic rings. The summed E-state index contributed by atoms with van der Waals surface area (Å²) < 4.78 is 0. The van der Waals surface area contributed by atoms with Crippen molar-refractivity contribution in [1.82, 2.24) is 15.0 Å². The maximum Gasteiger partial charge on any atom is 0.303 e. The molecule has 0 spiro atoms. The molecule has 0 radical (unpaired) electrons. The number of carboxylic acids is 1.